The molecule has 0 radical (unpaired) electrons. The molecule has 0 aliphatic heterocycles. The molecule has 1 aromatic carbocycles. The molecule has 1 aliphatic rings. The third-order valence-electron chi connectivity index (χ3n) is 3.11. The summed E-state index contributed by atoms with van der Waals surface area (Å²) in [5, 5.41) is 9.64. The molecule has 0 spiro atoms. The van der Waals surface area contributed by atoms with Crippen molar-refractivity contribution in [3.63, 3.8) is 0 Å². The van der Waals surface area contributed by atoms with Crippen molar-refractivity contribution in [1.82, 2.24) is 0 Å². The second kappa shape index (κ2) is 5.45. The number of carboxylic acid groups (broad SMARTS) is 1. The fourth-order valence-electron chi connectivity index (χ4n) is 2.17. The third-order valence-corrected chi connectivity index (χ3v) is 4.44. The molecule has 0 heterocycles. The molecule has 2 rings (SSSR count). The first kappa shape index (κ1) is 12.3. The number of carbonyl (C=O) groups is 1. The number of nitrogens with two attached hydrogens (primary N) is 1. The molecule has 4 heteroatoms. The fraction of sp³-hybridized carbons (Fsp3) is 0.462. The lowest BCUT2D eigenvalue weighted by atomic mass is 10.0. The van der Waals surface area contributed by atoms with Gasteiger partial charge in [0.25, 0.3) is 0 Å². The van der Waals surface area contributed by atoms with E-state index in [0.717, 1.165) is 4.90 Å². The number of carboxylic acids is 1. The van der Waals surface area contributed by atoms with Crippen LogP contribution in [0.2, 0.25) is 0 Å². The summed E-state index contributed by atoms with van der Waals surface area (Å²) in [5.41, 5.74) is 6.19. The lowest BCUT2D eigenvalue weighted by molar-refractivity contribution is 0.0698. The monoisotopic (exact) mass is 251 g/mol. The lowest BCUT2D eigenvalue weighted by Gasteiger charge is -2.21. The molecule has 3 N–H and O–H groups in total. The zero-order valence-corrected chi connectivity index (χ0v) is 10.5. The van der Waals surface area contributed by atoms with E-state index in [-0.39, 0.29) is 5.56 Å². The first-order chi connectivity index (χ1) is 8.16. The van der Waals surface area contributed by atoms with Gasteiger partial charge < -0.3 is 10.8 Å². The van der Waals surface area contributed by atoms with Gasteiger partial charge in [-0.3, -0.25) is 0 Å². The van der Waals surface area contributed by atoms with Gasteiger partial charge in [-0.1, -0.05) is 19.3 Å². The zero-order valence-electron chi connectivity index (χ0n) is 9.69. The van der Waals surface area contributed by atoms with Crippen LogP contribution in [0, 0.1) is 0 Å². The smallest absolute Gasteiger partial charge is 0.337 e. The van der Waals surface area contributed by atoms with Gasteiger partial charge in [-0.2, -0.15) is 0 Å². The van der Waals surface area contributed by atoms with E-state index < -0.39 is 5.97 Å². The molecule has 0 aromatic heterocycles. The van der Waals surface area contributed by atoms with E-state index in [4.69, 9.17) is 10.8 Å². The van der Waals surface area contributed by atoms with Crippen LogP contribution in [-0.4, -0.2) is 16.3 Å². The number of aromatic carboxylic acids is 1. The van der Waals surface area contributed by atoms with Gasteiger partial charge in [0.05, 0.1) is 5.56 Å². The van der Waals surface area contributed by atoms with E-state index in [1.54, 1.807) is 23.9 Å². The van der Waals surface area contributed by atoms with Gasteiger partial charge in [0, 0.05) is 15.8 Å². The Morgan fingerprint density at radius 2 is 2.00 bits per heavy atom. The maximum absolute atomic E-state index is 11.0. The van der Waals surface area contributed by atoms with Crippen molar-refractivity contribution in [3.05, 3.63) is 23.8 Å². The van der Waals surface area contributed by atoms with Crippen LogP contribution < -0.4 is 5.73 Å². The number of hydrogen-bond donors (Lipinski definition) is 2. The van der Waals surface area contributed by atoms with Crippen molar-refractivity contribution in [1.29, 1.82) is 0 Å². The van der Waals surface area contributed by atoms with Gasteiger partial charge in [0.2, 0.25) is 0 Å². The molecule has 1 fully saturated rings. The van der Waals surface area contributed by atoms with E-state index in [0.29, 0.717) is 10.9 Å². The predicted molar refractivity (Wildman–Crippen MR) is 70.5 cm³/mol. The standard InChI is InChI=1S/C13H17NO2S/c14-12-7-6-10(8-11(12)13(15)16)17-9-4-2-1-3-5-9/h6-9H,1-5,14H2,(H,15,16). The van der Waals surface area contributed by atoms with Gasteiger partial charge >= 0.3 is 5.97 Å². The van der Waals surface area contributed by atoms with Crippen LogP contribution in [0.3, 0.4) is 0 Å². The molecule has 0 amide bonds. The molecule has 1 aromatic rings. The van der Waals surface area contributed by atoms with Crippen molar-refractivity contribution in [2.45, 2.75) is 42.2 Å². The van der Waals surface area contributed by atoms with Crippen LogP contribution in [0.4, 0.5) is 5.69 Å². The minimum atomic E-state index is -0.950. The summed E-state index contributed by atoms with van der Waals surface area (Å²) in [6, 6.07) is 5.30. The van der Waals surface area contributed by atoms with Crippen molar-refractivity contribution in [3.8, 4) is 0 Å². The highest BCUT2D eigenvalue weighted by Gasteiger charge is 2.16. The molecular formula is C13H17NO2S. The Morgan fingerprint density at radius 1 is 1.29 bits per heavy atom. The minimum absolute atomic E-state index is 0.214. The number of rotatable bonds is 3. The van der Waals surface area contributed by atoms with Crippen LogP contribution in [0.1, 0.15) is 42.5 Å². The molecule has 17 heavy (non-hydrogen) atoms. The molecule has 0 bridgehead atoms. The number of thioether (sulfide) groups is 1. The second-order valence-electron chi connectivity index (χ2n) is 4.43. The van der Waals surface area contributed by atoms with Crippen LogP contribution in [0.25, 0.3) is 0 Å². The molecule has 92 valence electrons. The molecular weight excluding hydrogens is 234 g/mol. The first-order valence-corrected chi connectivity index (χ1v) is 6.84. The van der Waals surface area contributed by atoms with E-state index >= 15 is 0 Å². The van der Waals surface area contributed by atoms with Crippen molar-refractivity contribution >= 4 is 23.4 Å². The van der Waals surface area contributed by atoms with Crippen molar-refractivity contribution in [2.75, 3.05) is 5.73 Å². The Kier molecular flexibility index (Phi) is 3.94. The largest absolute Gasteiger partial charge is 0.478 e. The summed E-state index contributed by atoms with van der Waals surface area (Å²) in [4.78, 5) is 12.0. The Hall–Kier alpha value is -1.16. The van der Waals surface area contributed by atoms with Crippen molar-refractivity contribution in [2.24, 2.45) is 0 Å². The molecule has 0 unspecified atom stereocenters. The normalized spacial score (nSPS) is 16.9. The van der Waals surface area contributed by atoms with Crippen molar-refractivity contribution < 1.29 is 9.90 Å². The van der Waals surface area contributed by atoms with Gasteiger partial charge in [0.15, 0.2) is 0 Å². The van der Waals surface area contributed by atoms with Crippen LogP contribution in [0.15, 0.2) is 23.1 Å². The summed E-state index contributed by atoms with van der Waals surface area (Å²) >= 11 is 1.79. The molecule has 1 saturated carbocycles. The number of nitrogen functional groups attached to an aromatic ring is 1. The highest BCUT2D eigenvalue weighted by atomic mass is 32.2. The lowest BCUT2D eigenvalue weighted by Crippen LogP contribution is -2.08. The number of hydrogen-bond acceptors (Lipinski definition) is 3. The summed E-state index contributed by atoms with van der Waals surface area (Å²) in [6.45, 7) is 0. The summed E-state index contributed by atoms with van der Waals surface area (Å²) in [5.74, 6) is -0.950. The Balaban J connectivity index is 2.10. The highest BCUT2D eigenvalue weighted by Crippen LogP contribution is 2.34. The van der Waals surface area contributed by atoms with Crippen LogP contribution in [0.5, 0.6) is 0 Å². The fourth-order valence-corrected chi connectivity index (χ4v) is 3.46. The maximum Gasteiger partial charge on any atom is 0.337 e. The first-order valence-electron chi connectivity index (χ1n) is 5.96. The van der Waals surface area contributed by atoms with Crippen LogP contribution in [-0.2, 0) is 0 Å². The van der Waals surface area contributed by atoms with E-state index in [2.05, 4.69) is 0 Å². The average molecular weight is 251 g/mol. The summed E-state index contributed by atoms with van der Waals surface area (Å²) in [6.07, 6.45) is 6.38. The Bertz CT molecular complexity index is 414. The summed E-state index contributed by atoms with van der Waals surface area (Å²) in [7, 11) is 0. The predicted octanol–water partition coefficient (Wildman–Crippen LogP) is 3.39. The van der Waals surface area contributed by atoms with Gasteiger partial charge in [-0.25, -0.2) is 4.79 Å². The van der Waals surface area contributed by atoms with Gasteiger partial charge in [-0.05, 0) is 31.0 Å². The SMILES string of the molecule is Nc1ccc(SC2CCCCC2)cc1C(=O)O. The highest BCUT2D eigenvalue weighted by molar-refractivity contribution is 8.00. The molecule has 0 saturated heterocycles. The molecule has 3 nitrogen and oxygen atoms in total. The maximum atomic E-state index is 11.0. The van der Waals surface area contributed by atoms with E-state index in [9.17, 15) is 4.79 Å². The Morgan fingerprint density at radius 3 is 2.65 bits per heavy atom. The van der Waals surface area contributed by atoms with E-state index in [1.165, 1.54) is 32.1 Å². The zero-order chi connectivity index (χ0) is 12.3. The second-order valence-corrected chi connectivity index (χ2v) is 5.81. The minimum Gasteiger partial charge on any atom is -0.478 e. The van der Waals surface area contributed by atoms with E-state index in [1.807, 2.05) is 6.07 Å². The number of benzene rings is 1. The summed E-state index contributed by atoms with van der Waals surface area (Å²) < 4.78 is 0. The molecule has 1 aliphatic carbocycles. The average Bonchev–Trinajstić information content (AvgIpc) is 2.32. The quantitative estimate of drug-likeness (QED) is 0.808. The van der Waals surface area contributed by atoms with Gasteiger partial charge in [0.1, 0.15) is 0 Å². The topological polar surface area (TPSA) is 63.3 Å². The number of anilines is 1. The van der Waals surface area contributed by atoms with Crippen LogP contribution >= 0.6 is 11.8 Å². The Labute approximate surface area is 105 Å². The van der Waals surface area contributed by atoms with Gasteiger partial charge in [-0.15, -0.1) is 11.8 Å². The molecule has 0 atom stereocenters. The third kappa shape index (κ3) is 3.16.